The Kier molecular flexibility index (Phi) is 2.91. The largest absolute Gasteiger partial charge is 0.433 e. The molecule has 2 aromatic heterocycles. The van der Waals surface area contributed by atoms with Gasteiger partial charge in [-0.15, -0.1) is 0 Å². The quantitative estimate of drug-likeness (QED) is 0.624. The van der Waals surface area contributed by atoms with Crippen LogP contribution in [0.1, 0.15) is 5.69 Å². The fraction of sp³-hybridized carbons (Fsp3) is 0.222. The summed E-state index contributed by atoms with van der Waals surface area (Å²) >= 11 is 0. The van der Waals surface area contributed by atoms with Crippen molar-refractivity contribution < 1.29 is 13.2 Å². The van der Waals surface area contributed by atoms with Crippen LogP contribution in [0.15, 0.2) is 18.5 Å². The lowest BCUT2D eigenvalue weighted by Gasteiger charge is -2.09. The number of nitrogens with zero attached hydrogens (tertiary/aromatic N) is 4. The number of alkyl halides is 3. The number of aromatic nitrogens is 4. The molecule has 0 amide bonds. The molecule has 2 aromatic rings. The Labute approximate surface area is 99.6 Å². The summed E-state index contributed by atoms with van der Waals surface area (Å²) in [6, 6.07) is 0.845. The number of halogens is 3. The van der Waals surface area contributed by atoms with Crippen molar-refractivity contribution >= 4 is 5.95 Å². The molecule has 0 atom stereocenters. The maximum Gasteiger partial charge on any atom is 0.433 e. The third kappa shape index (κ3) is 2.40. The van der Waals surface area contributed by atoms with Gasteiger partial charge in [-0.1, -0.05) is 0 Å². The zero-order chi connectivity index (χ0) is 13.3. The first-order valence-electron chi connectivity index (χ1n) is 4.82. The molecule has 2 heterocycles. The van der Waals surface area contributed by atoms with Crippen molar-refractivity contribution in [3.05, 3.63) is 24.2 Å². The Balaban J connectivity index is 2.54. The van der Waals surface area contributed by atoms with Crippen LogP contribution in [0.2, 0.25) is 0 Å². The Morgan fingerprint density at radius 2 is 2.06 bits per heavy atom. The fourth-order valence-corrected chi connectivity index (χ4v) is 1.36. The van der Waals surface area contributed by atoms with Crippen LogP contribution in [0.4, 0.5) is 19.1 Å². The van der Waals surface area contributed by atoms with E-state index >= 15 is 0 Å². The van der Waals surface area contributed by atoms with E-state index in [9.17, 15) is 13.2 Å². The molecule has 9 heteroatoms. The predicted octanol–water partition coefficient (Wildman–Crippen LogP) is 1.18. The topological polar surface area (TPSA) is 81.7 Å². The molecule has 0 aliphatic rings. The first kappa shape index (κ1) is 12.3. The molecule has 0 aliphatic heterocycles. The smallest absolute Gasteiger partial charge is 0.292 e. The number of nitrogens with two attached hydrogens (primary N) is 1. The summed E-state index contributed by atoms with van der Waals surface area (Å²) in [6.07, 6.45) is -1.61. The van der Waals surface area contributed by atoms with E-state index in [0.717, 1.165) is 6.07 Å². The molecule has 0 bridgehead atoms. The minimum Gasteiger partial charge on any atom is -0.292 e. The lowest BCUT2D eigenvalue weighted by molar-refractivity contribution is -0.141. The highest BCUT2D eigenvalue weighted by Gasteiger charge is 2.33. The number of hydrazine groups is 1. The number of nitrogen functional groups attached to an aromatic ring is 1. The van der Waals surface area contributed by atoms with Crippen LogP contribution in [-0.4, -0.2) is 19.7 Å². The monoisotopic (exact) mass is 258 g/mol. The molecular formula is C9H9F3N6. The van der Waals surface area contributed by atoms with Gasteiger partial charge in [0.1, 0.15) is 0 Å². The van der Waals surface area contributed by atoms with Crippen molar-refractivity contribution in [2.45, 2.75) is 6.18 Å². The van der Waals surface area contributed by atoms with Gasteiger partial charge in [-0.05, 0) is 6.07 Å². The van der Waals surface area contributed by atoms with Crippen LogP contribution < -0.4 is 11.3 Å². The van der Waals surface area contributed by atoms with E-state index in [1.165, 1.54) is 10.9 Å². The molecule has 3 N–H and O–H groups in total. The molecule has 0 saturated heterocycles. The summed E-state index contributed by atoms with van der Waals surface area (Å²) < 4.78 is 39.3. The van der Waals surface area contributed by atoms with Gasteiger partial charge < -0.3 is 0 Å². The molecule has 0 unspecified atom stereocenters. The minimum absolute atomic E-state index is 0.0957. The van der Waals surface area contributed by atoms with E-state index in [2.05, 4.69) is 15.1 Å². The number of aryl methyl sites for hydroxylation is 1. The Morgan fingerprint density at radius 3 is 2.56 bits per heavy atom. The van der Waals surface area contributed by atoms with E-state index < -0.39 is 11.9 Å². The zero-order valence-corrected chi connectivity index (χ0v) is 9.23. The normalized spacial score (nSPS) is 11.6. The molecule has 0 radical (unpaired) electrons. The van der Waals surface area contributed by atoms with Gasteiger partial charge in [0.15, 0.2) is 5.69 Å². The first-order chi connectivity index (χ1) is 8.40. The van der Waals surface area contributed by atoms with Crippen LogP contribution in [0.25, 0.3) is 11.3 Å². The lowest BCUT2D eigenvalue weighted by Crippen LogP contribution is -2.15. The van der Waals surface area contributed by atoms with E-state index in [1.807, 2.05) is 5.43 Å². The number of hydrogen-bond acceptors (Lipinski definition) is 5. The van der Waals surface area contributed by atoms with E-state index in [4.69, 9.17) is 5.84 Å². The Hall–Kier alpha value is -2.16. The van der Waals surface area contributed by atoms with Crippen LogP contribution in [0.3, 0.4) is 0 Å². The van der Waals surface area contributed by atoms with Crippen molar-refractivity contribution in [2.75, 3.05) is 5.43 Å². The second-order valence-corrected chi connectivity index (χ2v) is 3.51. The maximum absolute atomic E-state index is 12.6. The highest BCUT2D eigenvalue weighted by atomic mass is 19.4. The van der Waals surface area contributed by atoms with Crippen molar-refractivity contribution in [3.63, 3.8) is 0 Å². The van der Waals surface area contributed by atoms with Gasteiger partial charge in [0, 0.05) is 18.8 Å². The molecule has 0 aliphatic carbocycles. The predicted molar refractivity (Wildman–Crippen MR) is 57.0 cm³/mol. The maximum atomic E-state index is 12.6. The molecule has 0 saturated carbocycles. The molecule has 18 heavy (non-hydrogen) atoms. The average Bonchev–Trinajstić information content (AvgIpc) is 2.74. The fourth-order valence-electron chi connectivity index (χ4n) is 1.36. The molecule has 6 nitrogen and oxygen atoms in total. The SMILES string of the molecule is Cn1cc(-c2cc(C(F)(F)F)nc(NN)n2)cn1. The average molecular weight is 258 g/mol. The highest BCUT2D eigenvalue weighted by molar-refractivity contribution is 5.59. The minimum atomic E-state index is -4.56. The number of hydrogen-bond donors (Lipinski definition) is 2. The molecule has 96 valence electrons. The molecular weight excluding hydrogens is 249 g/mol. The highest BCUT2D eigenvalue weighted by Crippen LogP contribution is 2.30. The van der Waals surface area contributed by atoms with Gasteiger partial charge in [0.05, 0.1) is 11.9 Å². The summed E-state index contributed by atoms with van der Waals surface area (Å²) in [5.41, 5.74) is 1.48. The second-order valence-electron chi connectivity index (χ2n) is 3.51. The van der Waals surface area contributed by atoms with Gasteiger partial charge in [0.2, 0.25) is 5.95 Å². The van der Waals surface area contributed by atoms with Crippen molar-refractivity contribution in [1.29, 1.82) is 0 Å². The summed E-state index contributed by atoms with van der Waals surface area (Å²) in [4.78, 5) is 7.10. The third-order valence-electron chi connectivity index (χ3n) is 2.15. The second kappa shape index (κ2) is 4.26. The lowest BCUT2D eigenvalue weighted by atomic mass is 10.2. The van der Waals surface area contributed by atoms with Crippen LogP contribution in [0, 0.1) is 0 Å². The summed E-state index contributed by atoms with van der Waals surface area (Å²) in [5.74, 6) is 4.75. The standard InChI is InChI=1S/C9H9F3N6/c1-18-4-5(3-14-18)6-2-7(9(10,11)12)16-8(15-6)17-13/h2-4H,13H2,1H3,(H,15,16,17). The first-order valence-corrected chi connectivity index (χ1v) is 4.82. The van der Waals surface area contributed by atoms with E-state index in [0.29, 0.717) is 5.56 Å². The number of rotatable bonds is 2. The molecule has 0 aromatic carbocycles. The van der Waals surface area contributed by atoms with Crippen LogP contribution in [-0.2, 0) is 13.2 Å². The Bertz CT molecular complexity index is 562. The van der Waals surface area contributed by atoms with Crippen molar-refractivity contribution in [1.82, 2.24) is 19.7 Å². The van der Waals surface area contributed by atoms with Crippen molar-refractivity contribution in [2.24, 2.45) is 12.9 Å². The summed E-state index contributed by atoms with van der Waals surface area (Å²) in [7, 11) is 1.65. The van der Waals surface area contributed by atoms with Gasteiger partial charge in [-0.3, -0.25) is 10.1 Å². The molecule has 2 rings (SSSR count). The van der Waals surface area contributed by atoms with E-state index in [1.54, 1.807) is 13.2 Å². The molecule has 0 spiro atoms. The number of nitrogens with one attached hydrogen (secondary N) is 1. The third-order valence-corrected chi connectivity index (χ3v) is 2.15. The van der Waals surface area contributed by atoms with Gasteiger partial charge in [-0.2, -0.15) is 18.3 Å². The van der Waals surface area contributed by atoms with Crippen molar-refractivity contribution in [3.8, 4) is 11.3 Å². The summed E-state index contributed by atoms with van der Waals surface area (Å²) in [5, 5.41) is 3.86. The van der Waals surface area contributed by atoms with Crippen LogP contribution >= 0.6 is 0 Å². The summed E-state index contributed by atoms with van der Waals surface area (Å²) in [6.45, 7) is 0. The zero-order valence-electron chi connectivity index (χ0n) is 9.23. The van der Waals surface area contributed by atoms with E-state index in [-0.39, 0.29) is 11.6 Å². The van der Waals surface area contributed by atoms with Crippen LogP contribution in [0.5, 0.6) is 0 Å². The van der Waals surface area contributed by atoms with Gasteiger partial charge >= 0.3 is 6.18 Å². The van der Waals surface area contributed by atoms with Gasteiger partial charge in [0.25, 0.3) is 0 Å². The van der Waals surface area contributed by atoms with Gasteiger partial charge in [-0.25, -0.2) is 15.8 Å². The number of anilines is 1. The molecule has 0 fully saturated rings. The Morgan fingerprint density at radius 1 is 1.33 bits per heavy atom.